The van der Waals surface area contributed by atoms with Crippen LogP contribution in [-0.2, 0) is 9.59 Å². The lowest BCUT2D eigenvalue weighted by Crippen LogP contribution is -2.50. The number of carbonyl (C=O) groups excluding carboxylic acids is 2. The lowest BCUT2D eigenvalue weighted by Gasteiger charge is -2.34. The van der Waals surface area contributed by atoms with E-state index in [1.54, 1.807) is 14.1 Å². The molecule has 0 bridgehead atoms. The van der Waals surface area contributed by atoms with Gasteiger partial charge in [0.2, 0.25) is 11.8 Å². The fraction of sp³-hybridized carbons (Fsp3) is 0.833. The Labute approximate surface area is 152 Å². The van der Waals surface area contributed by atoms with Gasteiger partial charge >= 0.3 is 0 Å². The number of piperidine rings is 1. The number of amides is 2. The normalized spacial score (nSPS) is 16.1. The molecular formula is C18H35N5O2. The van der Waals surface area contributed by atoms with E-state index in [0.29, 0.717) is 11.9 Å². The average molecular weight is 354 g/mol. The number of carbonyl (C=O) groups is 2. The minimum absolute atomic E-state index is 0.0252. The molecule has 1 aliphatic heterocycles. The predicted octanol–water partition coefficient (Wildman–Crippen LogP) is 1.06. The zero-order valence-electron chi connectivity index (χ0n) is 16.5. The van der Waals surface area contributed by atoms with Crippen molar-refractivity contribution in [3.05, 3.63) is 0 Å². The molecule has 7 nitrogen and oxygen atoms in total. The SMILES string of the molecule is CCNC(=NCC(=O)N(C)C)NC1CCN(C(=O)C(CC)CC)CC1. The molecule has 1 saturated heterocycles. The van der Waals surface area contributed by atoms with Gasteiger partial charge in [0, 0.05) is 45.7 Å². The van der Waals surface area contributed by atoms with Crippen LogP contribution in [0, 0.1) is 5.92 Å². The first-order valence-corrected chi connectivity index (χ1v) is 9.46. The molecule has 0 aromatic rings. The molecule has 1 rings (SSSR count). The summed E-state index contributed by atoms with van der Waals surface area (Å²) in [6.07, 6.45) is 3.62. The summed E-state index contributed by atoms with van der Waals surface area (Å²) in [5, 5.41) is 6.58. The van der Waals surface area contributed by atoms with Crippen molar-refractivity contribution in [2.45, 2.75) is 52.5 Å². The van der Waals surface area contributed by atoms with Gasteiger partial charge in [-0.1, -0.05) is 13.8 Å². The van der Waals surface area contributed by atoms with Gasteiger partial charge in [-0.2, -0.15) is 0 Å². The van der Waals surface area contributed by atoms with Gasteiger partial charge in [0.15, 0.2) is 5.96 Å². The van der Waals surface area contributed by atoms with Gasteiger partial charge in [-0.3, -0.25) is 9.59 Å². The standard InChI is InChI=1S/C18H35N5O2/c1-6-14(7-2)17(25)23-11-9-15(10-12-23)21-18(19-8-3)20-13-16(24)22(4)5/h14-15H,6-13H2,1-5H3,(H2,19,20,21). The second kappa shape index (κ2) is 10.9. The first-order chi connectivity index (χ1) is 11.9. The van der Waals surface area contributed by atoms with Crippen LogP contribution in [-0.4, -0.2) is 73.9 Å². The summed E-state index contributed by atoms with van der Waals surface area (Å²) in [7, 11) is 3.45. The predicted molar refractivity (Wildman–Crippen MR) is 101 cm³/mol. The van der Waals surface area contributed by atoms with Crippen molar-refractivity contribution < 1.29 is 9.59 Å². The van der Waals surface area contributed by atoms with Crippen LogP contribution >= 0.6 is 0 Å². The molecule has 1 fully saturated rings. The third kappa shape index (κ3) is 6.92. The summed E-state index contributed by atoms with van der Waals surface area (Å²) >= 11 is 0. The fourth-order valence-corrected chi connectivity index (χ4v) is 2.94. The van der Waals surface area contributed by atoms with E-state index in [0.717, 1.165) is 45.3 Å². The van der Waals surface area contributed by atoms with Gasteiger partial charge in [0.1, 0.15) is 6.54 Å². The highest BCUT2D eigenvalue weighted by Gasteiger charge is 2.26. The number of likely N-dealkylation sites (N-methyl/N-ethyl adjacent to an activating group) is 1. The number of hydrogen-bond donors (Lipinski definition) is 2. The van der Waals surface area contributed by atoms with Crippen molar-refractivity contribution >= 4 is 17.8 Å². The number of likely N-dealkylation sites (tertiary alicyclic amines) is 1. The number of rotatable bonds is 7. The average Bonchev–Trinajstić information content (AvgIpc) is 2.61. The molecule has 144 valence electrons. The van der Waals surface area contributed by atoms with Crippen LogP contribution < -0.4 is 10.6 Å². The van der Waals surface area contributed by atoms with E-state index in [1.807, 2.05) is 11.8 Å². The van der Waals surface area contributed by atoms with E-state index in [4.69, 9.17) is 0 Å². The Morgan fingerprint density at radius 1 is 1.16 bits per heavy atom. The Morgan fingerprint density at radius 2 is 1.76 bits per heavy atom. The zero-order valence-corrected chi connectivity index (χ0v) is 16.5. The molecular weight excluding hydrogens is 318 g/mol. The lowest BCUT2D eigenvalue weighted by atomic mass is 9.98. The van der Waals surface area contributed by atoms with Crippen LogP contribution in [0.5, 0.6) is 0 Å². The maximum absolute atomic E-state index is 12.5. The Balaban J connectivity index is 2.53. The second-order valence-corrected chi connectivity index (χ2v) is 6.74. The molecule has 0 spiro atoms. The summed E-state index contributed by atoms with van der Waals surface area (Å²) in [6, 6.07) is 0.276. The van der Waals surface area contributed by atoms with Crippen LogP contribution in [0.15, 0.2) is 4.99 Å². The highest BCUT2D eigenvalue weighted by Crippen LogP contribution is 2.17. The van der Waals surface area contributed by atoms with Crippen LogP contribution in [0.3, 0.4) is 0 Å². The van der Waals surface area contributed by atoms with Crippen molar-refractivity contribution in [3.8, 4) is 0 Å². The largest absolute Gasteiger partial charge is 0.357 e. The Kier molecular flexibility index (Phi) is 9.31. The number of guanidine groups is 1. The Morgan fingerprint density at radius 3 is 2.24 bits per heavy atom. The molecule has 0 aromatic carbocycles. The Bertz CT molecular complexity index is 452. The topological polar surface area (TPSA) is 77.0 Å². The quantitative estimate of drug-likeness (QED) is 0.530. The van der Waals surface area contributed by atoms with E-state index in [-0.39, 0.29) is 24.4 Å². The van der Waals surface area contributed by atoms with Crippen LogP contribution in [0.25, 0.3) is 0 Å². The second-order valence-electron chi connectivity index (χ2n) is 6.74. The van der Waals surface area contributed by atoms with Crippen molar-refractivity contribution in [3.63, 3.8) is 0 Å². The van der Waals surface area contributed by atoms with Crippen LogP contribution in [0.4, 0.5) is 0 Å². The third-order valence-electron chi connectivity index (χ3n) is 4.70. The smallest absolute Gasteiger partial charge is 0.243 e. The van der Waals surface area contributed by atoms with Crippen LogP contribution in [0.1, 0.15) is 46.5 Å². The van der Waals surface area contributed by atoms with Gasteiger partial charge < -0.3 is 20.4 Å². The minimum Gasteiger partial charge on any atom is -0.357 e. The fourth-order valence-electron chi connectivity index (χ4n) is 2.94. The van der Waals surface area contributed by atoms with Crippen molar-refractivity contribution in [1.29, 1.82) is 0 Å². The molecule has 0 aromatic heterocycles. The maximum Gasteiger partial charge on any atom is 0.243 e. The molecule has 0 unspecified atom stereocenters. The maximum atomic E-state index is 12.5. The highest BCUT2D eigenvalue weighted by molar-refractivity contribution is 5.85. The summed E-state index contributed by atoms with van der Waals surface area (Å²) < 4.78 is 0. The van der Waals surface area contributed by atoms with Crippen molar-refractivity contribution in [1.82, 2.24) is 20.4 Å². The van der Waals surface area contributed by atoms with E-state index < -0.39 is 0 Å². The van der Waals surface area contributed by atoms with Crippen molar-refractivity contribution in [2.24, 2.45) is 10.9 Å². The lowest BCUT2D eigenvalue weighted by molar-refractivity contribution is -0.136. The summed E-state index contributed by atoms with van der Waals surface area (Å²) in [5.41, 5.74) is 0. The van der Waals surface area contributed by atoms with Crippen LogP contribution in [0.2, 0.25) is 0 Å². The zero-order chi connectivity index (χ0) is 18.8. The number of nitrogens with zero attached hydrogens (tertiary/aromatic N) is 3. The molecule has 25 heavy (non-hydrogen) atoms. The minimum atomic E-state index is -0.0252. The molecule has 7 heteroatoms. The molecule has 0 aliphatic carbocycles. The van der Waals surface area contributed by atoms with Crippen molar-refractivity contribution in [2.75, 3.05) is 40.3 Å². The molecule has 1 heterocycles. The third-order valence-corrected chi connectivity index (χ3v) is 4.70. The van der Waals surface area contributed by atoms with E-state index in [9.17, 15) is 9.59 Å². The van der Waals surface area contributed by atoms with Gasteiger partial charge in [-0.15, -0.1) is 0 Å². The van der Waals surface area contributed by atoms with Gasteiger partial charge in [-0.25, -0.2) is 4.99 Å². The van der Waals surface area contributed by atoms with Gasteiger partial charge in [-0.05, 0) is 32.6 Å². The molecule has 1 aliphatic rings. The number of aliphatic imine (C=N–C) groups is 1. The first kappa shape index (κ1) is 21.3. The van der Waals surface area contributed by atoms with Gasteiger partial charge in [0.25, 0.3) is 0 Å². The summed E-state index contributed by atoms with van der Waals surface area (Å²) in [5.74, 6) is 1.09. The van der Waals surface area contributed by atoms with E-state index in [2.05, 4.69) is 29.5 Å². The van der Waals surface area contributed by atoms with Gasteiger partial charge in [0.05, 0.1) is 0 Å². The molecule has 0 atom stereocenters. The van der Waals surface area contributed by atoms with E-state index >= 15 is 0 Å². The first-order valence-electron chi connectivity index (χ1n) is 9.46. The number of nitrogens with one attached hydrogen (secondary N) is 2. The summed E-state index contributed by atoms with van der Waals surface area (Å²) in [6.45, 7) is 8.60. The molecule has 0 saturated carbocycles. The number of hydrogen-bond acceptors (Lipinski definition) is 3. The Hall–Kier alpha value is -1.79. The molecule has 0 radical (unpaired) electrons. The summed E-state index contributed by atoms with van der Waals surface area (Å²) in [4.78, 5) is 32.1. The monoisotopic (exact) mass is 353 g/mol. The molecule has 2 N–H and O–H groups in total. The van der Waals surface area contributed by atoms with E-state index in [1.165, 1.54) is 4.90 Å². The molecule has 2 amide bonds. The highest BCUT2D eigenvalue weighted by atomic mass is 16.2.